The quantitative estimate of drug-likeness (QED) is 0.213. The number of benzene rings is 4. The fourth-order valence-electron chi connectivity index (χ4n) is 4.03. The van der Waals surface area contributed by atoms with Crippen molar-refractivity contribution in [2.45, 2.75) is 27.2 Å². The van der Waals surface area contributed by atoms with Gasteiger partial charge in [0, 0.05) is 12.1 Å². The Balaban J connectivity index is 1.77. The molecular weight excluding hydrogens is 412 g/mol. The van der Waals surface area contributed by atoms with E-state index < -0.39 is 0 Å². The van der Waals surface area contributed by atoms with Crippen LogP contribution in [0.15, 0.2) is 120 Å². The Labute approximate surface area is 203 Å². The van der Waals surface area contributed by atoms with Gasteiger partial charge in [-0.2, -0.15) is 0 Å². The summed E-state index contributed by atoms with van der Waals surface area (Å²) < 4.78 is 0. The summed E-state index contributed by atoms with van der Waals surface area (Å²) in [5.74, 6) is 0.743. The Morgan fingerprint density at radius 1 is 0.676 bits per heavy atom. The first-order valence-electron chi connectivity index (χ1n) is 11.6. The molecule has 0 atom stereocenters. The first kappa shape index (κ1) is 23.1. The van der Waals surface area contributed by atoms with Crippen molar-refractivity contribution in [3.05, 3.63) is 138 Å². The van der Waals surface area contributed by atoms with E-state index in [-0.39, 0.29) is 0 Å². The maximum absolute atomic E-state index is 4.99. The molecule has 0 saturated heterocycles. The van der Waals surface area contributed by atoms with Gasteiger partial charge in [0.1, 0.15) is 5.84 Å². The van der Waals surface area contributed by atoms with Gasteiger partial charge < -0.3 is 0 Å². The van der Waals surface area contributed by atoms with Crippen LogP contribution < -0.4 is 0 Å². The van der Waals surface area contributed by atoms with Crippen LogP contribution in [0.4, 0.5) is 0 Å². The summed E-state index contributed by atoms with van der Waals surface area (Å²) in [6.45, 7) is 10.6. The number of rotatable bonds is 6. The lowest BCUT2D eigenvalue weighted by Crippen LogP contribution is -2.07. The molecule has 0 saturated carbocycles. The second-order valence-corrected chi connectivity index (χ2v) is 8.56. The zero-order valence-electron chi connectivity index (χ0n) is 20.1. The third-order valence-electron chi connectivity index (χ3n) is 5.91. The van der Waals surface area contributed by atoms with Gasteiger partial charge >= 0.3 is 0 Å². The molecule has 4 rings (SSSR count). The van der Waals surface area contributed by atoms with Crippen molar-refractivity contribution < 1.29 is 0 Å². The first-order valence-corrected chi connectivity index (χ1v) is 11.6. The highest BCUT2D eigenvalue weighted by Crippen LogP contribution is 2.29. The molecule has 0 amide bonds. The van der Waals surface area contributed by atoms with Crippen molar-refractivity contribution in [2.75, 3.05) is 0 Å². The van der Waals surface area contributed by atoms with E-state index in [9.17, 15) is 0 Å². The Hall–Kier alpha value is -4.04. The summed E-state index contributed by atoms with van der Waals surface area (Å²) in [4.78, 5) is 9.91. The molecule has 0 aliphatic carbocycles. The van der Waals surface area contributed by atoms with E-state index in [0.717, 1.165) is 22.7 Å². The first-order chi connectivity index (χ1) is 16.5. The van der Waals surface area contributed by atoms with Crippen LogP contribution in [0.25, 0.3) is 16.8 Å². The lowest BCUT2D eigenvalue weighted by atomic mass is 9.93. The SMILES string of the molecule is C=C(N=C(Cc1ccccc1-c1cc(C)ccc1C)N=C(C)c1ccccc1)c1ccccc1. The summed E-state index contributed by atoms with van der Waals surface area (Å²) in [6, 6.07) is 35.4. The third kappa shape index (κ3) is 5.65. The Kier molecular flexibility index (Phi) is 7.29. The number of aliphatic imine (C=N–C) groups is 2. The average molecular weight is 443 g/mol. The molecule has 0 heterocycles. The largest absolute Gasteiger partial charge is 0.237 e. The minimum Gasteiger partial charge on any atom is -0.237 e. The second kappa shape index (κ2) is 10.7. The van der Waals surface area contributed by atoms with Crippen molar-refractivity contribution in [2.24, 2.45) is 9.98 Å². The van der Waals surface area contributed by atoms with E-state index in [0.29, 0.717) is 12.1 Å². The van der Waals surface area contributed by atoms with E-state index in [1.807, 2.05) is 55.5 Å². The topological polar surface area (TPSA) is 24.7 Å². The third-order valence-corrected chi connectivity index (χ3v) is 5.91. The Morgan fingerprint density at radius 3 is 2.00 bits per heavy atom. The predicted molar refractivity (Wildman–Crippen MR) is 147 cm³/mol. The minimum atomic E-state index is 0.611. The van der Waals surface area contributed by atoms with Gasteiger partial charge in [-0.3, -0.25) is 0 Å². The molecule has 34 heavy (non-hydrogen) atoms. The fraction of sp³-hybridized carbons (Fsp3) is 0.125. The summed E-state index contributed by atoms with van der Waals surface area (Å²) in [5.41, 5.74) is 9.90. The smallest absolute Gasteiger partial charge is 0.133 e. The van der Waals surface area contributed by atoms with Gasteiger partial charge in [0.2, 0.25) is 0 Å². The van der Waals surface area contributed by atoms with E-state index in [1.165, 1.54) is 27.8 Å². The molecule has 4 aromatic carbocycles. The van der Waals surface area contributed by atoms with E-state index in [4.69, 9.17) is 9.98 Å². The normalized spacial score (nSPS) is 12.0. The highest BCUT2D eigenvalue weighted by Gasteiger charge is 2.12. The number of hydrogen-bond acceptors (Lipinski definition) is 1. The van der Waals surface area contributed by atoms with Crippen LogP contribution in [0.2, 0.25) is 0 Å². The van der Waals surface area contributed by atoms with Crippen LogP contribution in [0.5, 0.6) is 0 Å². The van der Waals surface area contributed by atoms with Crippen molar-refractivity contribution in [3.63, 3.8) is 0 Å². The van der Waals surface area contributed by atoms with Gasteiger partial charge in [-0.25, -0.2) is 9.98 Å². The van der Waals surface area contributed by atoms with Crippen LogP contribution in [0.1, 0.15) is 34.7 Å². The highest BCUT2D eigenvalue weighted by atomic mass is 14.9. The molecule has 4 aromatic rings. The highest BCUT2D eigenvalue weighted by molar-refractivity contribution is 6.07. The lowest BCUT2D eigenvalue weighted by molar-refractivity contribution is 1.26. The van der Waals surface area contributed by atoms with Crippen molar-refractivity contribution in [3.8, 4) is 11.1 Å². The molecule has 0 aliphatic heterocycles. The van der Waals surface area contributed by atoms with Gasteiger partial charge in [-0.15, -0.1) is 0 Å². The molecule has 168 valence electrons. The number of amidine groups is 1. The predicted octanol–water partition coefficient (Wildman–Crippen LogP) is 8.09. The fourth-order valence-corrected chi connectivity index (χ4v) is 4.03. The molecule has 0 fully saturated rings. The zero-order chi connectivity index (χ0) is 23.9. The monoisotopic (exact) mass is 442 g/mol. The van der Waals surface area contributed by atoms with Crippen LogP contribution in [0, 0.1) is 13.8 Å². The average Bonchev–Trinajstić information content (AvgIpc) is 2.87. The molecule has 2 heteroatoms. The van der Waals surface area contributed by atoms with Crippen LogP contribution in [-0.2, 0) is 6.42 Å². The molecule has 0 bridgehead atoms. The van der Waals surface area contributed by atoms with Gasteiger partial charge in [0.25, 0.3) is 0 Å². The molecule has 0 N–H and O–H groups in total. The Bertz CT molecular complexity index is 1350. The van der Waals surface area contributed by atoms with Crippen LogP contribution in [-0.4, -0.2) is 11.5 Å². The summed E-state index contributed by atoms with van der Waals surface area (Å²) >= 11 is 0. The molecule has 0 aliphatic rings. The zero-order valence-corrected chi connectivity index (χ0v) is 20.1. The number of hydrogen-bond donors (Lipinski definition) is 0. The molecule has 0 unspecified atom stereocenters. The van der Waals surface area contributed by atoms with E-state index in [2.05, 4.69) is 75.0 Å². The number of nitrogens with zero attached hydrogens (tertiary/aromatic N) is 2. The molecule has 2 nitrogen and oxygen atoms in total. The minimum absolute atomic E-state index is 0.611. The van der Waals surface area contributed by atoms with Gasteiger partial charge in [-0.1, -0.05) is 115 Å². The second-order valence-electron chi connectivity index (χ2n) is 8.56. The van der Waals surface area contributed by atoms with Crippen molar-refractivity contribution in [1.82, 2.24) is 0 Å². The molecular formula is C32H30N2. The molecule has 0 radical (unpaired) electrons. The van der Waals surface area contributed by atoms with Gasteiger partial charge in [-0.05, 0) is 54.2 Å². The maximum atomic E-state index is 4.99. The Morgan fingerprint density at radius 2 is 1.29 bits per heavy atom. The lowest BCUT2D eigenvalue weighted by Gasteiger charge is -2.14. The summed E-state index contributed by atoms with van der Waals surface area (Å²) in [6.07, 6.45) is 0.611. The van der Waals surface area contributed by atoms with Crippen LogP contribution in [0.3, 0.4) is 0 Å². The summed E-state index contributed by atoms with van der Waals surface area (Å²) in [7, 11) is 0. The maximum Gasteiger partial charge on any atom is 0.133 e. The standard InChI is InChI=1S/C32H30N2/c1-23-19-20-24(2)31(21-23)30-18-12-11-17-29(30)22-32(33-25(3)27-13-7-5-8-14-27)34-26(4)28-15-9-6-10-16-28/h5-21H,3,22H2,1-2,4H3. The van der Waals surface area contributed by atoms with Crippen molar-refractivity contribution >= 4 is 17.2 Å². The van der Waals surface area contributed by atoms with Crippen molar-refractivity contribution in [1.29, 1.82) is 0 Å². The number of aryl methyl sites for hydroxylation is 2. The van der Waals surface area contributed by atoms with Gasteiger partial charge in [0.05, 0.1) is 5.70 Å². The van der Waals surface area contributed by atoms with E-state index in [1.54, 1.807) is 0 Å². The van der Waals surface area contributed by atoms with Crippen LogP contribution >= 0.6 is 0 Å². The summed E-state index contributed by atoms with van der Waals surface area (Å²) in [5, 5.41) is 0. The molecule has 0 aromatic heterocycles. The molecule has 0 spiro atoms. The van der Waals surface area contributed by atoms with Gasteiger partial charge in [0.15, 0.2) is 0 Å². The van der Waals surface area contributed by atoms with E-state index >= 15 is 0 Å².